The summed E-state index contributed by atoms with van der Waals surface area (Å²) in [6.07, 6.45) is 0.958. The predicted octanol–water partition coefficient (Wildman–Crippen LogP) is 1.97. The summed E-state index contributed by atoms with van der Waals surface area (Å²) < 4.78 is 0. The van der Waals surface area contributed by atoms with Crippen molar-refractivity contribution in [3.8, 4) is 0 Å². The van der Waals surface area contributed by atoms with Gasteiger partial charge in [-0.2, -0.15) is 0 Å². The highest BCUT2D eigenvalue weighted by Gasteiger charge is 2.20. The maximum Gasteiger partial charge on any atom is 0.0131 e. The average molecular weight is 128 g/mol. The molecule has 0 heterocycles. The molecule has 0 saturated carbocycles. The molecule has 0 aliphatic rings. The molecule has 0 aliphatic carbocycles. The fourth-order valence-corrected chi connectivity index (χ4v) is 1.21. The molecule has 0 spiro atoms. The summed E-state index contributed by atoms with van der Waals surface area (Å²) in [6, 6.07) is 0. The second-order valence-electron chi connectivity index (χ2n) is 4.39. The van der Waals surface area contributed by atoms with Crippen molar-refractivity contribution >= 4 is 0 Å². The summed E-state index contributed by atoms with van der Waals surface area (Å²) >= 11 is 0. The van der Waals surface area contributed by atoms with Gasteiger partial charge in [-0.3, -0.25) is 0 Å². The molecule has 0 rings (SSSR count). The molecule has 1 nitrogen and oxygen atoms in total. The molecule has 2 N–H and O–H groups in total. The quantitative estimate of drug-likeness (QED) is 0.574. The van der Waals surface area contributed by atoms with Crippen LogP contribution >= 0.6 is 0 Å². The van der Waals surface area contributed by atoms with Gasteiger partial charge in [0.15, 0.2) is 0 Å². The number of hydrogen-bond acceptors (Lipinski definition) is 1. The maximum absolute atomic E-state index is 5.71. The Morgan fingerprint density at radius 3 is 1.56 bits per heavy atom. The zero-order valence-electron chi connectivity index (χ0n) is 6.99. The Morgan fingerprint density at radius 1 is 1.22 bits per heavy atom. The van der Waals surface area contributed by atoms with Crippen molar-refractivity contribution in [3.05, 3.63) is 6.92 Å². The fourth-order valence-electron chi connectivity index (χ4n) is 1.21. The second-order valence-corrected chi connectivity index (χ2v) is 4.39. The summed E-state index contributed by atoms with van der Waals surface area (Å²) in [5.74, 6) is 0. The molecule has 0 bridgehead atoms. The van der Waals surface area contributed by atoms with Crippen LogP contribution in [0.15, 0.2) is 0 Å². The van der Waals surface area contributed by atoms with Gasteiger partial charge in [0.1, 0.15) is 0 Å². The van der Waals surface area contributed by atoms with Crippen LogP contribution in [0.5, 0.6) is 0 Å². The molecule has 0 aromatic carbocycles. The second kappa shape index (κ2) is 2.30. The van der Waals surface area contributed by atoms with Crippen molar-refractivity contribution in [2.75, 3.05) is 0 Å². The van der Waals surface area contributed by atoms with E-state index in [1.807, 2.05) is 6.92 Å². The minimum Gasteiger partial charge on any atom is -0.325 e. The molecule has 1 unspecified atom stereocenters. The van der Waals surface area contributed by atoms with E-state index in [2.05, 4.69) is 27.7 Å². The highest BCUT2D eigenvalue weighted by Crippen LogP contribution is 2.24. The Balaban J connectivity index is 3.75. The van der Waals surface area contributed by atoms with Gasteiger partial charge in [-0.15, -0.1) is 0 Å². The molecular weight excluding hydrogens is 110 g/mol. The Hall–Kier alpha value is -0.0400. The van der Waals surface area contributed by atoms with Crippen molar-refractivity contribution in [1.82, 2.24) is 0 Å². The lowest BCUT2D eigenvalue weighted by atomic mass is 9.82. The lowest BCUT2D eigenvalue weighted by Crippen LogP contribution is -2.36. The molecule has 1 heteroatoms. The summed E-state index contributed by atoms with van der Waals surface area (Å²) in [7, 11) is 0. The first kappa shape index (κ1) is 8.96. The smallest absolute Gasteiger partial charge is 0.0131 e. The van der Waals surface area contributed by atoms with E-state index in [4.69, 9.17) is 5.73 Å². The van der Waals surface area contributed by atoms with E-state index in [1.54, 1.807) is 0 Å². The van der Waals surface area contributed by atoms with Gasteiger partial charge in [-0.05, 0) is 25.7 Å². The molecule has 0 aromatic rings. The molecule has 0 amide bonds. The average Bonchev–Trinajstić information content (AvgIpc) is 1.14. The van der Waals surface area contributed by atoms with Gasteiger partial charge in [0.05, 0.1) is 0 Å². The minimum atomic E-state index is -0.266. The lowest BCUT2D eigenvalue weighted by Gasteiger charge is -2.28. The highest BCUT2D eigenvalue weighted by molar-refractivity contribution is 4.85. The van der Waals surface area contributed by atoms with E-state index in [0.717, 1.165) is 6.42 Å². The van der Waals surface area contributed by atoms with Gasteiger partial charge >= 0.3 is 0 Å². The molecule has 1 atom stereocenters. The van der Waals surface area contributed by atoms with Crippen LogP contribution in [-0.2, 0) is 0 Å². The molecule has 0 saturated heterocycles. The molecule has 0 aliphatic heterocycles. The van der Waals surface area contributed by atoms with E-state index in [0.29, 0.717) is 5.41 Å². The van der Waals surface area contributed by atoms with Gasteiger partial charge in [-0.25, -0.2) is 0 Å². The first-order chi connectivity index (χ1) is 3.71. The Labute approximate surface area is 58.6 Å². The van der Waals surface area contributed by atoms with Crippen LogP contribution in [0.25, 0.3) is 0 Å². The molecule has 1 radical (unpaired) electrons. The van der Waals surface area contributed by atoms with Crippen LogP contribution in [0.3, 0.4) is 0 Å². The van der Waals surface area contributed by atoms with Crippen molar-refractivity contribution in [3.63, 3.8) is 0 Å². The fraction of sp³-hybridized carbons (Fsp3) is 0.875. The van der Waals surface area contributed by atoms with Crippen molar-refractivity contribution in [2.24, 2.45) is 11.1 Å². The first-order valence-electron chi connectivity index (χ1n) is 3.35. The highest BCUT2D eigenvalue weighted by atomic mass is 14.7. The van der Waals surface area contributed by atoms with Gasteiger partial charge in [-0.1, -0.05) is 20.8 Å². The third-order valence-corrected chi connectivity index (χ3v) is 0.934. The minimum absolute atomic E-state index is 0.266. The van der Waals surface area contributed by atoms with Gasteiger partial charge in [0, 0.05) is 5.54 Å². The van der Waals surface area contributed by atoms with Crippen LogP contribution < -0.4 is 5.73 Å². The monoisotopic (exact) mass is 128 g/mol. The number of rotatable bonds is 1. The Morgan fingerprint density at radius 2 is 1.56 bits per heavy atom. The third-order valence-electron chi connectivity index (χ3n) is 0.934. The van der Waals surface area contributed by atoms with Crippen LogP contribution in [0.2, 0.25) is 0 Å². The molecule has 0 aromatic heterocycles. The topological polar surface area (TPSA) is 26.0 Å². The number of hydrogen-bond donors (Lipinski definition) is 1. The normalized spacial score (nSPS) is 14.0. The summed E-state index contributed by atoms with van der Waals surface area (Å²) in [5.41, 5.74) is 5.74. The molecule has 9 heavy (non-hydrogen) atoms. The largest absolute Gasteiger partial charge is 0.325 e. The predicted molar refractivity (Wildman–Crippen MR) is 42.0 cm³/mol. The van der Waals surface area contributed by atoms with Crippen molar-refractivity contribution < 1.29 is 0 Å². The van der Waals surface area contributed by atoms with Gasteiger partial charge in [0.2, 0.25) is 0 Å². The van der Waals surface area contributed by atoms with E-state index in [-0.39, 0.29) is 5.54 Å². The van der Waals surface area contributed by atoms with Crippen LogP contribution in [0, 0.1) is 12.3 Å². The number of nitrogens with two attached hydrogens (primary N) is 1. The standard InChI is InChI=1S/C8H18N/c1-7(2,3)6-8(4,5)9/h4,6,9H2,1-3,5H3. The molecule has 55 valence electrons. The van der Waals surface area contributed by atoms with Crippen LogP contribution in [0.1, 0.15) is 34.1 Å². The van der Waals surface area contributed by atoms with Gasteiger partial charge in [0.25, 0.3) is 0 Å². The first-order valence-corrected chi connectivity index (χ1v) is 3.35. The molecule has 0 fully saturated rings. The lowest BCUT2D eigenvalue weighted by molar-refractivity contribution is 0.306. The molecular formula is C8H18N. The third kappa shape index (κ3) is 7.96. The Bertz CT molecular complexity index is 69.7. The van der Waals surface area contributed by atoms with Crippen LogP contribution in [-0.4, -0.2) is 5.54 Å². The SMILES string of the molecule is [CH2]C(C)(N)CC(C)(C)C. The van der Waals surface area contributed by atoms with Crippen molar-refractivity contribution in [1.29, 1.82) is 0 Å². The van der Waals surface area contributed by atoms with Crippen LogP contribution in [0.4, 0.5) is 0 Å². The van der Waals surface area contributed by atoms with E-state index in [9.17, 15) is 0 Å². The van der Waals surface area contributed by atoms with E-state index < -0.39 is 0 Å². The summed E-state index contributed by atoms with van der Waals surface area (Å²) in [4.78, 5) is 0. The zero-order valence-corrected chi connectivity index (χ0v) is 6.99. The van der Waals surface area contributed by atoms with E-state index in [1.165, 1.54) is 0 Å². The van der Waals surface area contributed by atoms with Crippen molar-refractivity contribution in [2.45, 2.75) is 39.7 Å². The zero-order chi connectivity index (χ0) is 7.71. The van der Waals surface area contributed by atoms with Gasteiger partial charge < -0.3 is 5.73 Å². The summed E-state index contributed by atoms with van der Waals surface area (Å²) in [6.45, 7) is 12.3. The van der Waals surface area contributed by atoms with E-state index >= 15 is 0 Å². The Kier molecular flexibility index (Phi) is 2.29. The summed E-state index contributed by atoms with van der Waals surface area (Å²) in [5, 5.41) is 0. The maximum atomic E-state index is 5.71.